The van der Waals surface area contributed by atoms with Crippen molar-refractivity contribution in [2.75, 3.05) is 0 Å². The molecule has 0 bridgehead atoms. The van der Waals surface area contributed by atoms with E-state index in [0.29, 0.717) is 5.92 Å². The van der Waals surface area contributed by atoms with Gasteiger partial charge in [-0.1, -0.05) is 13.8 Å². The third kappa shape index (κ3) is 2.23. The second-order valence-corrected chi connectivity index (χ2v) is 6.52. The highest BCUT2D eigenvalue weighted by molar-refractivity contribution is 5.82. The standard InChI is InChI=1S/C17H23FN2/c1-11(2)12-4-6-13(7-5-12)16-15(18)9-8-14-10-19-20(3)17(14)16/h8-13H,4-7H2,1-3H3. The molecule has 0 radical (unpaired) electrons. The average molecular weight is 274 g/mol. The van der Waals surface area contributed by atoms with Crippen molar-refractivity contribution in [3.05, 3.63) is 29.7 Å². The first-order valence-electron chi connectivity index (χ1n) is 7.68. The molecule has 1 aliphatic rings. The van der Waals surface area contributed by atoms with E-state index in [4.69, 9.17) is 0 Å². The predicted molar refractivity (Wildman–Crippen MR) is 80.2 cm³/mol. The maximum atomic E-state index is 14.4. The second kappa shape index (κ2) is 5.19. The summed E-state index contributed by atoms with van der Waals surface area (Å²) >= 11 is 0. The molecule has 1 saturated carbocycles. The summed E-state index contributed by atoms with van der Waals surface area (Å²) in [5.74, 6) is 1.84. The molecule has 1 aromatic heterocycles. The number of fused-ring (bicyclic) bond motifs is 1. The lowest BCUT2D eigenvalue weighted by Crippen LogP contribution is -2.18. The highest BCUT2D eigenvalue weighted by atomic mass is 19.1. The molecule has 108 valence electrons. The van der Waals surface area contributed by atoms with Crippen LogP contribution in [-0.2, 0) is 7.05 Å². The maximum absolute atomic E-state index is 14.4. The number of benzene rings is 1. The van der Waals surface area contributed by atoms with Crippen molar-refractivity contribution in [3.8, 4) is 0 Å². The molecule has 2 aromatic rings. The van der Waals surface area contributed by atoms with Crippen molar-refractivity contribution in [3.63, 3.8) is 0 Å². The monoisotopic (exact) mass is 274 g/mol. The van der Waals surface area contributed by atoms with Crippen molar-refractivity contribution in [2.24, 2.45) is 18.9 Å². The van der Waals surface area contributed by atoms with Crippen LogP contribution in [0.3, 0.4) is 0 Å². The van der Waals surface area contributed by atoms with Crippen molar-refractivity contribution in [1.29, 1.82) is 0 Å². The number of halogens is 1. The van der Waals surface area contributed by atoms with Gasteiger partial charge in [0.15, 0.2) is 0 Å². The fourth-order valence-corrected chi connectivity index (χ4v) is 3.74. The number of aromatic nitrogens is 2. The van der Waals surface area contributed by atoms with Gasteiger partial charge in [-0.25, -0.2) is 4.39 Å². The number of hydrogen-bond donors (Lipinski definition) is 0. The van der Waals surface area contributed by atoms with Crippen LogP contribution in [0.1, 0.15) is 51.0 Å². The molecule has 0 saturated heterocycles. The molecule has 1 heterocycles. The lowest BCUT2D eigenvalue weighted by atomic mass is 9.74. The molecular formula is C17H23FN2. The molecule has 0 unspecified atom stereocenters. The van der Waals surface area contributed by atoms with Gasteiger partial charge in [-0.05, 0) is 55.6 Å². The fraction of sp³-hybridized carbons (Fsp3) is 0.588. The van der Waals surface area contributed by atoms with Crippen LogP contribution in [0.15, 0.2) is 18.3 Å². The Hall–Kier alpha value is -1.38. The molecule has 1 aromatic carbocycles. The summed E-state index contributed by atoms with van der Waals surface area (Å²) in [6.07, 6.45) is 6.47. The van der Waals surface area contributed by atoms with Gasteiger partial charge in [-0.2, -0.15) is 5.10 Å². The normalized spacial score (nSPS) is 23.6. The lowest BCUT2D eigenvalue weighted by molar-refractivity contribution is 0.257. The lowest BCUT2D eigenvalue weighted by Gasteiger charge is -2.31. The first kappa shape index (κ1) is 13.6. The highest BCUT2D eigenvalue weighted by Gasteiger charge is 2.28. The third-order valence-corrected chi connectivity index (χ3v) is 5.01. The molecule has 0 N–H and O–H groups in total. The van der Waals surface area contributed by atoms with Gasteiger partial charge < -0.3 is 0 Å². The van der Waals surface area contributed by atoms with Gasteiger partial charge in [-0.3, -0.25) is 4.68 Å². The van der Waals surface area contributed by atoms with Crippen molar-refractivity contribution in [1.82, 2.24) is 9.78 Å². The van der Waals surface area contributed by atoms with E-state index in [-0.39, 0.29) is 5.82 Å². The van der Waals surface area contributed by atoms with Crippen LogP contribution in [0.2, 0.25) is 0 Å². The van der Waals surface area contributed by atoms with E-state index >= 15 is 0 Å². The van der Waals surface area contributed by atoms with E-state index in [1.54, 1.807) is 6.07 Å². The van der Waals surface area contributed by atoms with Crippen LogP contribution < -0.4 is 0 Å². The summed E-state index contributed by atoms with van der Waals surface area (Å²) in [6, 6.07) is 3.44. The zero-order valence-corrected chi connectivity index (χ0v) is 12.6. The van der Waals surface area contributed by atoms with Gasteiger partial charge in [0.2, 0.25) is 0 Å². The minimum Gasteiger partial charge on any atom is -0.268 e. The molecule has 0 amide bonds. The number of aryl methyl sites for hydroxylation is 1. The molecule has 20 heavy (non-hydrogen) atoms. The van der Waals surface area contributed by atoms with Crippen molar-refractivity contribution in [2.45, 2.75) is 45.4 Å². The molecule has 1 aliphatic carbocycles. The Morgan fingerprint density at radius 2 is 1.90 bits per heavy atom. The predicted octanol–water partition coefficient (Wildman–Crippen LogP) is 4.64. The van der Waals surface area contributed by atoms with Gasteiger partial charge in [0, 0.05) is 18.0 Å². The summed E-state index contributed by atoms with van der Waals surface area (Å²) < 4.78 is 16.2. The molecular weight excluding hydrogens is 251 g/mol. The largest absolute Gasteiger partial charge is 0.268 e. The molecule has 3 rings (SSSR count). The fourth-order valence-electron chi connectivity index (χ4n) is 3.74. The summed E-state index contributed by atoms with van der Waals surface area (Å²) in [5.41, 5.74) is 1.88. The minimum atomic E-state index is -0.0610. The number of hydrogen-bond acceptors (Lipinski definition) is 1. The third-order valence-electron chi connectivity index (χ3n) is 5.01. The van der Waals surface area contributed by atoms with Crippen LogP contribution in [0.25, 0.3) is 10.9 Å². The molecule has 3 heteroatoms. The van der Waals surface area contributed by atoms with Crippen LogP contribution >= 0.6 is 0 Å². The zero-order chi connectivity index (χ0) is 14.3. The van der Waals surface area contributed by atoms with Crippen molar-refractivity contribution >= 4 is 10.9 Å². The second-order valence-electron chi connectivity index (χ2n) is 6.52. The first-order chi connectivity index (χ1) is 9.58. The van der Waals surface area contributed by atoms with Crippen LogP contribution in [0.4, 0.5) is 4.39 Å². The Balaban J connectivity index is 1.95. The summed E-state index contributed by atoms with van der Waals surface area (Å²) in [4.78, 5) is 0. The molecule has 2 nitrogen and oxygen atoms in total. The molecule has 0 aliphatic heterocycles. The minimum absolute atomic E-state index is 0.0610. The molecule has 1 fully saturated rings. The Morgan fingerprint density at radius 3 is 2.55 bits per heavy atom. The van der Waals surface area contributed by atoms with E-state index in [0.717, 1.165) is 41.1 Å². The van der Waals surface area contributed by atoms with E-state index in [1.165, 1.54) is 12.8 Å². The van der Waals surface area contributed by atoms with Gasteiger partial charge in [0.1, 0.15) is 5.82 Å². The summed E-state index contributed by atoms with van der Waals surface area (Å²) in [6.45, 7) is 4.60. The number of rotatable bonds is 2. The average Bonchev–Trinajstić information content (AvgIpc) is 2.81. The van der Waals surface area contributed by atoms with Crippen LogP contribution in [-0.4, -0.2) is 9.78 Å². The smallest absolute Gasteiger partial charge is 0.128 e. The Bertz CT molecular complexity index is 607. The maximum Gasteiger partial charge on any atom is 0.128 e. The van der Waals surface area contributed by atoms with E-state index in [9.17, 15) is 4.39 Å². The Kier molecular flexibility index (Phi) is 3.53. The quantitative estimate of drug-likeness (QED) is 0.780. The van der Waals surface area contributed by atoms with Gasteiger partial charge in [0.25, 0.3) is 0 Å². The summed E-state index contributed by atoms with van der Waals surface area (Å²) in [7, 11) is 1.91. The van der Waals surface area contributed by atoms with E-state index < -0.39 is 0 Å². The van der Waals surface area contributed by atoms with Gasteiger partial charge >= 0.3 is 0 Å². The van der Waals surface area contributed by atoms with Gasteiger partial charge in [0.05, 0.1) is 11.7 Å². The van der Waals surface area contributed by atoms with E-state index in [2.05, 4.69) is 18.9 Å². The van der Waals surface area contributed by atoms with Crippen molar-refractivity contribution < 1.29 is 4.39 Å². The van der Waals surface area contributed by atoms with Gasteiger partial charge in [-0.15, -0.1) is 0 Å². The Morgan fingerprint density at radius 1 is 1.20 bits per heavy atom. The van der Waals surface area contributed by atoms with Crippen LogP contribution in [0.5, 0.6) is 0 Å². The highest BCUT2D eigenvalue weighted by Crippen LogP contribution is 2.41. The first-order valence-corrected chi connectivity index (χ1v) is 7.68. The van der Waals surface area contributed by atoms with Crippen LogP contribution in [0, 0.1) is 17.7 Å². The Labute approximate surface area is 120 Å². The zero-order valence-electron chi connectivity index (χ0n) is 12.6. The topological polar surface area (TPSA) is 17.8 Å². The number of nitrogens with zero attached hydrogens (tertiary/aromatic N) is 2. The van der Waals surface area contributed by atoms with E-state index in [1.807, 2.05) is 24.0 Å². The molecule has 0 spiro atoms. The SMILES string of the molecule is CC(C)C1CCC(c2c(F)ccc3cnn(C)c23)CC1. The molecule has 0 atom stereocenters. The summed E-state index contributed by atoms with van der Waals surface area (Å²) in [5, 5.41) is 5.34.